The number of hydrogen-bond acceptors (Lipinski definition) is 4. The number of carbonyl (C=O) groups excluding carboxylic acids is 1. The van der Waals surface area contributed by atoms with Crippen molar-refractivity contribution in [2.45, 2.75) is 16.6 Å². The van der Waals surface area contributed by atoms with Gasteiger partial charge in [0.05, 0.1) is 5.38 Å². The van der Waals surface area contributed by atoms with Gasteiger partial charge in [-0.05, 0) is 11.1 Å². The molecule has 1 amide bonds. The number of thiazole rings is 1. The lowest BCUT2D eigenvalue weighted by Gasteiger charge is -2.02. The minimum absolute atomic E-state index is 0.184. The highest BCUT2D eigenvalue weighted by Gasteiger charge is 2.11. The molecule has 3 nitrogen and oxygen atoms in total. The molecule has 0 saturated heterocycles. The van der Waals surface area contributed by atoms with Crippen molar-refractivity contribution in [3.63, 3.8) is 0 Å². The molecule has 0 aliphatic carbocycles. The molecule has 0 saturated carbocycles. The molecule has 2 aromatic carbocycles. The van der Waals surface area contributed by atoms with Crippen LogP contribution in [0.3, 0.4) is 0 Å². The second kappa shape index (κ2) is 7.94. The normalized spacial score (nSPS) is 10.4. The third kappa shape index (κ3) is 4.68. The molecule has 0 fully saturated rings. The SMILES string of the molecule is O=C(NCc1ccccc1)c1[c]sc(SCc2ccccc2)n1. The molecular weight excluding hydrogens is 324 g/mol. The molecule has 3 aromatic rings. The van der Waals surface area contributed by atoms with Crippen LogP contribution in [0.4, 0.5) is 0 Å². The van der Waals surface area contributed by atoms with E-state index in [4.69, 9.17) is 0 Å². The quantitative estimate of drug-likeness (QED) is 0.686. The number of carbonyl (C=O) groups is 1. The van der Waals surface area contributed by atoms with E-state index in [1.807, 2.05) is 48.5 Å². The summed E-state index contributed by atoms with van der Waals surface area (Å²) in [6.45, 7) is 0.498. The molecule has 3 rings (SSSR count). The van der Waals surface area contributed by atoms with Crippen LogP contribution in [-0.2, 0) is 12.3 Å². The molecule has 1 heterocycles. The molecule has 0 spiro atoms. The molecule has 1 N–H and O–H groups in total. The monoisotopic (exact) mass is 339 g/mol. The maximum Gasteiger partial charge on any atom is 0.271 e. The van der Waals surface area contributed by atoms with Gasteiger partial charge >= 0.3 is 0 Å². The number of nitrogens with zero attached hydrogens (tertiary/aromatic N) is 1. The Morgan fingerprint density at radius 3 is 2.39 bits per heavy atom. The Bertz CT molecular complexity index is 757. The number of nitrogens with one attached hydrogen (secondary N) is 1. The Hall–Kier alpha value is -2.11. The number of benzene rings is 2. The summed E-state index contributed by atoms with van der Waals surface area (Å²) in [4.78, 5) is 16.4. The van der Waals surface area contributed by atoms with Gasteiger partial charge in [-0.3, -0.25) is 4.79 Å². The van der Waals surface area contributed by atoms with Crippen molar-refractivity contribution in [2.24, 2.45) is 0 Å². The number of thioether (sulfide) groups is 1. The van der Waals surface area contributed by atoms with Gasteiger partial charge in [0, 0.05) is 12.3 Å². The Morgan fingerprint density at radius 1 is 1.04 bits per heavy atom. The largest absolute Gasteiger partial charge is 0.347 e. The van der Waals surface area contributed by atoms with Crippen molar-refractivity contribution in [1.29, 1.82) is 0 Å². The van der Waals surface area contributed by atoms with Crippen LogP contribution in [0.5, 0.6) is 0 Å². The van der Waals surface area contributed by atoms with Crippen molar-refractivity contribution in [1.82, 2.24) is 10.3 Å². The average Bonchev–Trinajstić information content (AvgIpc) is 3.09. The lowest BCUT2D eigenvalue weighted by atomic mass is 10.2. The van der Waals surface area contributed by atoms with Gasteiger partial charge in [-0.15, -0.1) is 11.3 Å². The van der Waals surface area contributed by atoms with Gasteiger partial charge < -0.3 is 5.32 Å². The van der Waals surface area contributed by atoms with E-state index in [1.165, 1.54) is 16.9 Å². The van der Waals surface area contributed by atoms with Crippen molar-refractivity contribution >= 4 is 29.0 Å². The van der Waals surface area contributed by atoms with Gasteiger partial charge in [-0.25, -0.2) is 4.98 Å². The first kappa shape index (κ1) is 15.8. The summed E-state index contributed by atoms with van der Waals surface area (Å²) >= 11 is 3.01. The Balaban J connectivity index is 1.53. The summed E-state index contributed by atoms with van der Waals surface area (Å²) in [5.74, 6) is 0.657. The first-order valence-electron chi connectivity index (χ1n) is 7.18. The van der Waals surface area contributed by atoms with E-state index < -0.39 is 0 Å². The van der Waals surface area contributed by atoms with Gasteiger partial charge in [0.2, 0.25) is 0 Å². The van der Waals surface area contributed by atoms with Crippen LogP contribution in [0.1, 0.15) is 21.6 Å². The molecular formula is C18H15N2OS2. The second-order valence-electron chi connectivity index (χ2n) is 4.87. The van der Waals surface area contributed by atoms with Crippen LogP contribution in [0, 0.1) is 5.38 Å². The van der Waals surface area contributed by atoms with Gasteiger partial charge in [0.1, 0.15) is 5.69 Å². The maximum absolute atomic E-state index is 12.1. The molecule has 115 valence electrons. The lowest BCUT2D eigenvalue weighted by molar-refractivity contribution is 0.0946. The van der Waals surface area contributed by atoms with E-state index in [9.17, 15) is 4.79 Å². The molecule has 0 bridgehead atoms. The lowest BCUT2D eigenvalue weighted by Crippen LogP contribution is -2.23. The zero-order valence-electron chi connectivity index (χ0n) is 12.4. The maximum atomic E-state index is 12.1. The van der Waals surface area contributed by atoms with Crippen molar-refractivity contribution < 1.29 is 4.79 Å². The van der Waals surface area contributed by atoms with Crippen LogP contribution in [0.25, 0.3) is 0 Å². The highest BCUT2D eigenvalue weighted by atomic mass is 32.2. The summed E-state index contributed by atoms with van der Waals surface area (Å²) in [5, 5.41) is 5.84. The summed E-state index contributed by atoms with van der Waals surface area (Å²) in [6, 6.07) is 20.0. The van der Waals surface area contributed by atoms with E-state index in [1.54, 1.807) is 11.8 Å². The molecule has 0 unspecified atom stereocenters. The third-order valence-corrected chi connectivity index (χ3v) is 5.13. The Labute approximate surface area is 143 Å². The average molecular weight is 339 g/mol. The molecule has 1 aromatic heterocycles. The van der Waals surface area contributed by atoms with Gasteiger partial charge in [0.25, 0.3) is 5.91 Å². The van der Waals surface area contributed by atoms with E-state index >= 15 is 0 Å². The van der Waals surface area contributed by atoms with Crippen LogP contribution in [0.2, 0.25) is 0 Å². The minimum Gasteiger partial charge on any atom is -0.347 e. The summed E-state index contributed by atoms with van der Waals surface area (Å²) < 4.78 is 0.860. The Morgan fingerprint density at radius 2 is 1.70 bits per heavy atom. The molecule has 0 aliphatic heterocycles. The predicted molar refractivity (Wildman–Crippen MR) is 94.6 cm³/mol. The fourth-order valence-electron chi connectivity index (χ4n) is 1.97. The molecule has 5 heteroatoms. The van der Waals surface area contributed by atoms with E-state index in [0.717, 1.165) is 15.7 Å². The Kier molecular flexibility index (Phi) is 5.45. The first-order chi connectivity index (χ1) is 11.3. The molecule has 1 radical (unpaired) electrons. The second-order valence-corrected chi connectivity index (χ2v) is 6.89. The van der Waals surface area contributed by atoms with E-state index in [2.05, 4.69) is 27.8 Å². The van der Waals surface area contributed by atoms with Crippen molar-refractivity contribution in [3.8, 4) is 0 Å². The smallest absolute Gasteiger partial charge is 0.271 e. The third-order valence-electron chi connectivity index (χ3n) is 3.15. The minimum atomic E-state index is -0.184. The first-order valence-corrected chi connectivity index (χ1v) is 8.99. The van der Waals surface area contributed by atoms with Crippen LogP contribution in [-0.4, -0.2) is 10.9 Å². The fraction of sp³-hybridized carbons (Fsp3) is 0.111. The number of aromatic nitrogens is 1. The van der Waals surface area contributed by atoms with Crippen LogP contribution in [0.15, 0.2) is 65.0 Å². The van der Waals surface area contributed by atoms with Gasteiger partial charge in [0.15, 0.2) is 4.34 Å². The van der Waals surface area contributed by atoms with Crippen molar-refractivity contribution in [2.75, 3.05) is 0 Å². The number of amides is 1. The highest BCUT2D eigenvalue weighted by molar-refractivity contribution is 8.00. The predicted octanol–water partition coefficient (Wildman–Crippen LogP) is 4.17. The summed E-state index contributed by atoms with van der Waals surface area (Å²) in [5.41, 5.74) is 2.67. The highest BCUT2D eigenvalue weighted by Crippen LogP contribution is 2.25. The van der Waals surface area contributed by atoms with Gasteiger partial charge in [-0.1, -0.05) is 72.4 Å². The summed E-state index contributed by atoms with van der Waals surface area (Å²) in [7, 11) is 0. The molecule has 0 aliphatic rings. The number of rotatable bonds is 6. The molecule has 23 heavy (non-hydrogen) atoms. The number of hydrogen-bond donors (Lipinski definition) is 1. The van der Waals surface area contributed by atoms with E-state index in [0.29, 0.717) is 12.2 Å². The van der Waals surface area contributed by atoms with E-state index in [-0.39, 0.29) is 5.91 Å². The van der Waals surface area contributed by atoms with Crippen molar-refractivity contribution in [3.05, 3.63) is 82.9 Å². The zero-order chi connectivity index (χ0) is 15.9. The van der Waals surface area contributed by atoms with Crippen LogP contribution >= 0.6 is 23.1 Å². The van der Waals surface area contributed by atoms with Crippen LogP contribution < -0.4 is 5.32 Å². The standard InChI is InChI=1S/C18H15N2OS2/c21-17(19-11-14-7-3-1-4-8-14)16-13-23-18(20-16)22-12-15-9-5-2-6-10-15/h1-10H,11-12H2,(H,19,21). The zero-order valence-corrected chi connectivity index (χ0v) is 14.0. The molecule has 0 atom stereocenters. The topological polar surface area (TPSA) is 42.0 Å². The summed E-state index contributed by atoms with van der Waals surface area (Å²) in [6.07, 6.45) is 0. The van der Waals surface area contributed by atoms with Gasteiger partial charge in [-0.2, -0.15) is 0 Å². The fourth-order valence-corrected chi connectivity index (χ4v) is 3.60.